The molecular formula is C18H25N3. The zero-order valence-electron chi connectivity index (χ0n) is 13.3. The number of fused-ring (bicyclic) bond motifs is 1. The van der Waals surface area contributed by atoms with Crippen LogP contribution in [-0.2, 0) is 0 Å². The van der Waals surface area contributed by atoms with Gasteiger partial charge in [0.2, 0.25) is 0 Å². The molecular weight excluding hydrogens is 258 g/mol. The van der Waals surface area contributed by atoms with Gasteiger partial charge in [-0.05, 0) is 31.9 Å². The fourth-order valence-electron chi connectivity index (χ4n) is 3.30. The lowest BCUT2D eigenvalue weighted by Gasteiger charge is -2.47. The summed E-state index contributed by atoms with van der Waals surface area (Å²) in [6.07, 6.45) is 4.35. The van der Waals surface area contributed by atoms with Gasteiger partial charge in [0.05, 0.1) is 17.4 Å². The fourth-order valence-corrected chi connectivity index (χ4v) is 3.30. The number of piperazine rings is 1. The molecule has 3 heteroatoms. The highest BCUT2D eigenvalue weighted by molar-refractivity contribution is 5.81. The summed E-state index contributed by atoms with van der Waals surface area (Å²) in [7, 11) is 0. The zero-order chi connectivity index (χ0) is 14.9. The molecule has 0 aliphatic carbocycles. The Morgan fingerprint density at radius 3 is 2.81 bits per heavy atom. The van der Waals surface area contributed by atoms with E-state index < -0.39 is 0 Å². The molecule has 0 amide bonds. The van der Waals surface area contributed by atoms with E-state index in [2.05, 4.69) is 60.2 Å². The summed E-state index contributed by atoms with van der Waals surface area (Å²) in [5.41, 5.74) is 2.55. The van der Waals surface area contributed by atoms with Crippen molar-refractivity contribution in [2.45, 2.75) is 45.2 Å². The average Bonchev–Trinajstić information content (AvgIpc) is 2.55. The summed E-state index contributed by atoms with van der Waals surface area (Å²) in [6.45, 7) is 8.94. The van der Waals surface area contributed by atoms with Gasteiger partial charge in [0, 0.05) is 30.1 Å². The summed E-state index contributed by atoms with van der Waals surface area (Å²) in [4.78, 5) is 7.14. The first-order valence-electron chi connectivity index (χ1n) is 8.04. The predicted octanol–water partition coefficient (Wildman–Crippen LogP) is 3.59. The first-order valence-corrected chi connectivity index (χ1v) is 8.04. The van der Waals surface area contributed by atoms with Crippen LogP contribution >= 0.6 is 0 Å². The topological polar surface area (TPSA) is 28.2 Å². The van der Waals surface area contributed by atoms with Crippen LogP contribution in [0.2, 0.25) is 0 Å². The standard InChI is InChI=1S/C18H25N3/c1-4-18(5-2)13-21(14(3)11-20-18)16-10-15-8-6-7-9-17(15)19-12-16/h6-10,12,14,20H,4-5,11,13H2,1-3H3. The number of rotatable bonds is 3. The van der Waals surface area contributed by atoms with Gasteiger partial charge < -0.3 is 10.2 Å². The molecule has 1 fully saturated rings. The third-order valence-corrected chi connectivity index (χ3v) is 5.04. The molecule has 1 aromatic carbocycles. The van der Waals surface area contributed by atoms with E-state index in [0.717, 1.165) is 31.4 Å². The van der Waals surface area contributed by atoms with Crippen molar-refractivity contribution in [1.82, 2.24) is 10.3 Å². The van der Waals surface area contributed by atoms with Crippen molar-refractivity contribution in [2.75, 3.05) is 18.0 Å². The van der Waals surface area contributed by atoms with Crippen LogP contribution in [0.1, 0.15) is 33.6 Å². The minimum absolute atomic E-state index is 0.234. The lowest BCUT2D eigenvalue weighted by atomic mass is 9.88. The molecule has 2 heterocycles. The van der Waals surface area contributed by atoms with E-state index in [9.17, 15) is 0 Å². The van der Waals surface area contributed by atoms with Crippen LogP contribution < -0.4 is 10.2 Å². The van der Waals surface area contributed by atoms with Crippen molar-refractivity contribution in [2.24, 2.45) is 0 Å². The number of aromatic nitrogens is 1. The number of hydrogen-bond acceptors (Lipinski definition) is 3. The molecule has 1 atom stereocenters. The maximum Gasteiger partial charge on any atom is 0.0703 e. The molecule has 112 valence electrons. The number of pyridine rings is 1. The summed E-state index contributed by atoms with van der Waals surface area (Å²) >= 11 is 0. The van der Waals surface area contributed by atoms with Gasteiger partial charge in [0.15, 0.2) is 0 Å². The van der Waals surface area contributed by atoms with E-state index in [0.29, 0.717) is 6.04 Å². The van der Waals surface area contributed by atoms with Crippen molar-refractivity contribution in [3.63, 3.8) is 0 Å². The van der Waals surface area contributed by atoms with Gasteiger partial charge >= 0.3 is 0 Å². The predicted molar refractivity (Wildman–Crippen MR) is 89.9 cm³/mol. The van der Waals surface area contributed by atoms with Crippen LogP contribution in [0.15, 0.2) is 36.5 Å². The summed E-state index contributed by atoms with van der Waals surface area (Å²) < 4.78 is 0. The molecule has 0 saturated carbocycles. The molecule has 1 unspecified atom stereocenters. The number of nitrogens with one attached hydrogen (secondary N) is 1. The molecule has 3 rings (SSSR count). The second-order valence-electron chi connectivity index (χ2n) is 6.23. The Kier molecular flexibility index (Phi) is 3.85. The highest BCUT2D eigenvalue weighted by Crippen LogP contribution is 2.28. The Labute approximate surface area is 127 Å². The second-order valence-corrected chi connectivity index (χ2v) is 6.23. The number of benzene rings is 1. The van der Waals surface area contributed by atoms with Crippen LogP contribution in [0.25, 0.3) is 10.9 Å². The summed E-state index contributed by atoms with van der Waals surface area (Å²) in [5, 5.41) is 4.98. The number of anilines is 1. The van der Waals surface area contributed by atoms with Gasteiger partial charge in [-0.2, -0.15) is 0 Å². The third-order valence-electron chi connectivity index (χ3n) is 5.04. The SMILES string of the molecule is CCC1(CC)CN(c2cnc3ccccc3c2)C(C)CN1. The Morgan fingerprint density at radius 2 is 2.05 bits per heavy atom. The second kappa shape index (κ2) is 5.64. The largest absolute Gasteiger partial charge is 0.364 e. The normalized spacial score (nSPS) is 21.7. The quantitative estimate of drug-likeness (QED) is 0.933. The third kappa shape index (κ3) is 2.62. The molecule has 1 aliphatic heterocycles. The molecule has 1 saturated heterocycles. The van der Waals surface area contributed by atoms with Crippen molar-refractivity contribution in [1.29, 1.82) is 0 Å². The van der Waals surface area contributed by atoms with E-state index in [4.69, 9.17) is 0 Å². The van der Waals surface area contributed by atoms with Crippen molar-refractivity contribution in [3.05, 3.63) is 36.5 Å². The van der Waals surface area contributed by atoms with E-state index in [1.165, 1.54) is 11.1 Å². The van der Waals surface area contributed by atoms with Crippen LogP contribution in [-0.4, -0.2) is 29.7 Å². The van der Waals surface area contributed by atoms with Crippen LogP contribution in [0.5, 0.6) is 0 Å². The Hall–Kier alpha value is -1.61. The number of nitrogens with zero attached hydrogens (tertiary/aromatic N) is 2. The Morgan fingerprint density at radius 1 is 1.29 bits per heavy atom. The molecule has 0 spiro atoms. The van der Waals surface area contributed by atoms with Gasteiger partial charge in [-0.15, -0.1) is 0 Å². The maximum atomic E-state index is 4.63. The van der Waals surface area contributed by atoms with Gasteiger partial charge in [0.25, 0.3) is 0 Å². The maximum absolute atomic E-state index is 4.63. The lowest BCUT2D eigenvalue weighted by molar-refractivity contribution is 0.254. The number of para-hydroxylation sites is 1. The Balaban J connectivity index is 1.95. The van der Waals surface area contributed by atoms with Gasteiger partial charge in [0.1, 0.15) is 0 Å². The van der Waals surface area contributed by atoms with Gasteiger partial charge in [-0.3, -0.25) is 4.98 Å². The zero-order valence-corrected chi connectivity index (χ0v) is 13.3. The average molecular weight is 283 g/mol. The molecule has 0 radical (unpaired) electrons. The van der Waals surface area contributed by atoms with Gasteiger partial charge in [-0.1, -0.05) is 32.0 Å². The molecule has 21 heavy (non-hydrogen) atoms. The first-order chi connectivity index (χ1) is 10.2. The highest BCUT2D eigenvalue weighted by Gasteiger charge is 2.35. The van der Waals surface area contributed by atoms with Crippen LogP contribution in [0.3, 0.4) is 0 Å². The van der Waals surface area contributed by atoms with Crippen LogP contribution in [0.4, 0.5) is 5.69 Å². The minimum Gasteiger partial charge on any atom is -0.364 e. The summed E-state index contributed by atoms with van der Waals surface area (Å²) in [6, 6.07) is 11.1. The van der Waals surface area contributed by atoms with E-state index >= 15 is 0 Å². The van der Waals surface area contributed by atoms with Crippen molar-refractivity contribution in [3.8, 4) is 0 Å². The van der Waals surface area contributed by atoms with Crippen molar-refractivity contribution < 1.29 is 0 Å². The smallest absolute Gasteiger partial charge is 0.0703 e. The van der Waals surface area contributed by atoms with E-state index in [1.54, 1.807) is 0 Å². The molecule has 1 aromatic heterocycles. The van der Waals surface area contributed by atoms with Crippen LogP contribution in [0, 0.1) is 0 Å². The minimum atomic E-state index is 0.234. The summed E-state index contributed by atoms with van der Waals surface area (Å²) in [5.74, 6) is 0. The fraction of sp³-hybridized carbons (Fsp3) is 0.500. The van der Waals surface area contributed by atoms with Gasteiger partial charge in [-0.25, -0.2) is 0 Å². The van der Waals surface area contributed by atoms with E-state index in [-0.39, 0.29) is 5.54 Å². The monoisotopic (exact) mass is 283 g/mol. The molecule has 1 aliphatic rings. The molecule has 1 N–H and O–H groups in total. The Bertz CT molecular complexity index is 619. The van der Waals surface area contributed by atoms with Crippen molar-refractivity contribution >= 4 is 16.6 Å². The molecule has 0 bridgehead atoms. The van der Waals surface area contributed by atoms with E-state index in [1.807, 2.05) is 12.3 Å². The number of hydrogen-bond donors (Lipinski definition) is 1. The molecule has 2 aromatic rings. The first kappa shape index (κ1) is 14.3. The lowest BCUT2D eigenvalue weighted by Crippen LogP contribution is -2.63. The molecule has 3 nitrogen and oxygen atoms in total. The highest BCUT2D eigenvalue weighted by atomic mass is 15.3.